The van der Waals surface area contributed by atoms with Crippen LogP contribution >= 0.6 is 0 Å². The van der Waals surface area contributed by atoms with E-state index in [1.165, 1.54) is 60.7 Å². The Hall–Kier alpha value is -1.37. The van der Waals surface area contributed by atoms with Gasteiger partial charge < -0.3 is 0 Å². The van der Waals surface area contributed by atoms with Crippen LogP contribution in [0.2, 0.25) is 0 Å². The Balaban J connectivity index is 1.90. The maximum absolute atomic E-state index is 4.74. The van der Waals surface area contributed by atoms with Gasteiger partial charge in [0.05, 0.1) is 0 Å². The Labute approximate surface area is 117 Å². The average Bonchev–Trinajstić information content (AvgIpc) is 2.43. The molecule has 1 heterocycles. The van der Waals surface area contributed by atoms with Crippen molar-refractivity contribution in [3.05, 3.63) is 41.7 Å². The summed E-state index contributed by atoms with van der Waals surface area (Å²) in [4.78, 5) is 4.74. The number of aromatic nitrogens is 1. The maximum Gasteiger partial charge on any atom is 0.0454 e. The van der Waals surface area contributed by atoms with E-state index in [9.17, 15) is 0 Å². The first-order valence-corrected chi connectivity index (χ1v) is 7.66. The number of rotatable bonds is 7. The van der Waals surface area contributed by atoms with E-state index >= 15 is 0 Å². The van der Waals surface area contributed by atoms with Crippen LogP contribution in [0.15, 0.2) is 30.3 Å². The number of fused-ring (bicyclic) bond motifs is 1. The van der Waals surface area contributed by atoms with Crippen LogP contribution in [-0.4, -0.2) is 4.98 Å². The first-order valence-electron chi connectivity index (χ1n) is 7.66. The van der Waals surface area contributed by atoms with Crippen molar-refractivity contribution in [1.82, 2.24) is 4.98 Å². The number of pyridine rings is 1. The second-order valence-electron chi connectivity index (χ2n) is 5.44. The molecular weight excluding hydrogens is 230 g/mol. The van der Waals surface area contributed by atoms with Crippen LogP contribution in [0, 0.1) is 6.92 Å². The Morgan fingerprint density at radius 3 is 2.53 bits per heavy atom. The highest BCUT2D eigenvalue weighted by Crippen LogP contribution is 2.19. The van der Waals surface area contributed by atoms with Gasteiger partial charge in [-0.25, -0.2) is 0 Å². The van der Waals surface area contributed by atoms with Crippen LogP contribution in [0.1, 0.15) is 56.8 Å². The Bertz CT molecular complexity index is 516. The first kappa shape index (κ1) is 14.0. The van der Waals surface area contributed by atoms with Crippen LogP contribution in [0.25, 0.3) is 10.8 Å². The number of benzene rings is 1. The summed E-state index contributed by atoms with van der Waals surface area (Å²) in [6.07, 6.45) is 9.21. The fraction of sp³-hybridized carbons (Fsp3) is 0.500. The summed E-state index contributed by atoms with van der Waals surface area (Å²) in [6.45, 7) is 4.38. The summed E-state index contributed by atoms with van der Waals surface area (Å²) in [6, 6.07) is 10.8. The second-order valence-corrected chi connectivity index (χ2v) is 5.44. The third kappa shape index (κ3) is 4.05. The standard InChI is InChI=1S/C18H25N/c1-3-4-5-6-7-8-12-17-14-16-11-9-10-13-18(16)15(2)19-17/h9-11,13-14H,3-8,12H2,1-2H3. The minimum Gasteiger partial charge on any atom is -0.258 e. The van der Waals surface area contributed by atoms with Gasteiger partial charge in [-0.2, -0.15) is 0 Å². The van der Waals surface area contributed by atoms with Crippen LogP contribution in [0.3, 0.4) is 0 Å². The lowest BCUT2D eigenvalue weighted by molar-refractivity contribution is 0.604. The van der Waals surface area contributed by atoms with Gasteiger partial charge in [-0.3, -0.25) is 4.98 Å². The predicted octanol–water partition coefficient (Wildman–Crippen LogP) is 5.45. The third-order valence-electron chi connectivity index (χ3n) is 3.77. The van der Waals surface area contributed by atoms with Crippen molar-refractivity contribution in [3.8, 4) is 0 Å². The zero-order valence-corrected chi connectivity index (χ0v) is 12.3. The molecule has 1 aromatic carbocycles. The smallest absolute Gasteiger partial charge is 0.0454 e. The Kier molecular flexibility index (Phi) is 5.38. The molecular formula is C18H25N. The summed E-state index contributed by atoms with van der Waals surface area (Å²) in [5.41, 5.74) is 2.42. The van der Waals surface area contributed by atoms with E-state index in [-0.39, 0.29) is 0 Å². The van der Waals surface area contributed by atoms with E-state index in [1.54, 1.807) is 0 Å². The molecule has 1 heteroatoms. The molecule has 0 N–H and O–H groups in total. The summed E-state index contributed by atoms with van der Waals surface area (Å²) >= 11 is 0. The number of hydrogen-bond donors (Lipinski definition) is 0. The van der Waals surface area contributed by atoms with E-state index < -0.39 is 0 Å². The van der Waals surface area contributed by atoms with Gasteiger partial charge in [0.15, 0.2) is 0 Å². The van der Waals surface area contributed by atoms with Crippen LogP contribution < -0.4 is 0 Å². The molecule has 0 atom stereocenters. The van der Waals surface area contributed by atoms with Crippen molar-refractivity contribution in [2.24, 2.45) is 0 Å². The van der Waals surface area contributed by atoms with Gasteiger partial charge in [-0.1, -0.05) is 63.3 Å². The molecule has 1 aromatic heterocycles. The fourth-order valence-electron chi connectivity index (χ4n) is 2.65. The molecule has 0 spiro atoms. The summed E-state index contributed by atoms with van der Waals surface area (Å²) < 4.78 is 0. The van der Waals surface area contributed by atoms with Gasteiger partial charge in [0.1, 0.15) is 0 Å². The van der Waals surface area contributed by atoms with Crippen LogP contribution in [0.5, 0.6) is 0 Å². The maximum atomic E-state index is 4.74. The molecule has 0 aliphatic rings. The summed E-state index contributed by atoms with van der Waals surface area (Å²) in [5, 5.41) is 2.62. The number of aryl methyl sites for hydroxylation is 2. The SMILES string of the molecule is CCCCCCCCc1cc2ccccc2c(C)n1. The number of unbranched alkanes of at least 4 members (excludes halogenated alkanes) is 5. The molecule has 2 rings (SSSR count). The molecule has 0 aliphatic heterocycles. The van der Waals surface area contributed by atoms with Crippen molar-refractivity contribution in [2.75, 3.05) is 0 Å². The predicted molar refractivity (Wildman–Crippen MR) is 83.6 cm³/mol. The molecule has 0 saturated carbocycles. The van der Waals surface area contributed by atoms with Crippen molar-refractivity contribution in [3.63, 3.8) is 0 Å². The number of hydrogen-bond acceptors (Lipinski definition) is 1. The van der Waals surface area contributed by atoms with Gasteiger partial charge in [-0.05, 0) is 31.2 Å². The normalized spacial score (nSPS) is 11.1. The minimum atomic E-state index is 1.12. The molecule has 0 saturated heterocycles. The van der Waals surface area contributed by atoms with Crippen LogP contribution in [-0.2, 0) is 6.42 Å². The van der Waals surface area contributed by atoms with E-state index in [1.807, 2.05) is 0 Å². The molecule has 0 aliphatic carbocycles. The van der Waals surface area contributed by atoms with Gasteiger partial charge in [0, 0.05) is 16.8 Å². The van der Waals surface area contributed by atoms with Gasteiger partial charge in [-0.15, -0.1) is 0 Å². The largest absolute Gasteiger partial charge is 0.258 e. The topological polar surface area (TPSA) is 12.9 Å². The monoisotopic (exact) mass is 255 g/mol. The molecule has 0 bridgehead atoms. The Morgan fingerprint density at radius 1 is 0.947 bits per heavy atom. The van der Waals surface area contributed by atoms with Crippen LogP contribution in [0.4, 0.5) is 0 Å². The molecule has 1 nitrogen and oxygen atoms in total. The molecule has 0 amide bonds. The quantitative estimate of drug-likeness (QED) is 0.600. The van der Waals surface area contributed by atoms with Crippen molar-refractivity contribution in [1.29, 1.82) is 0 Å². The lowest BCUT2D eigenvalue weighted by Gasteiger charge is -2.06. The first-order chi connectivity index (χ1) is 9.31. The van der Waals surface area contributed by atoms with E-state index in [4.69, 9.17) is 4.98 Å². The highest BCUT2D eigenvalue weighted by atomic mass is 14.7. The number of nitrogens with zero attached hydrogens (tertiary/aromatic N) is 1. The minimum absolute atomic E-state index is 1.12. The molecule has 19 heavy (non-hydrogen) atoms. The third-order valence-corrected chi connectivity index (χ3v) is 3.77. The van der Waals surface area contributed by atoms with Gasteiger partial charge >= 0.3 is 0 Å². The molecule has 0 fully saturated rings. The van der Waals surface area contributed by atoms with Crippen molar-refractivity contribution >= 4 is 10.8 Å². The van der Waals surface area contributed by atoms with E-state index in [2.05, 4.69) is 44.2 Å². The second kappa shape index (κ2) is 7.28. The zero-order chi connectivity index (χ0) is 13.5. The molecule has 0 unspecified atom stereocenters. The van der Waals surface area contributed by atoms with E-state index in [0.717, 1.165) is 6.42 Å². The highest BCUT2D eigenvalue weighted by molar-refractivity contribution is 5.84. The molecule has 2 aromatic rings. The lowest BCUT2D eigenvalue weighted by atomic mass is 10.0. The Morgan fingerprint density at radius 2 is 1.68 bits per heavy atom. The molecule has 102 valence electrons. The molecule has 0 radical (unpaired) electrons. The van der Waals surface area contributed by atoms with E-state index in [0.29, 0.717) is 0 Å². The van der Waals surface area contributed by atoms with Crippen molar-refractivity contribution in [2.45, 2.75) is 58.8 Å². The van der Waals surface area contributed by atoms with Gasteiger partial charge in [0.25, 0.3) is 0 Å². The average molecular weight is 255 g/mol. The van der Waals surface area contributed by atoms with Gasteiger partial charge in [0.2, 0.25) is 0 Å². The lowest BCUT2D eigenvalue weighted by Crippen LogP contribution is -1.94. The zero-order valence-electron chi connectivity index (χ0n) is 12.3. The summed E-state index contributed by atoms with van der Waals surface area (Å²) in [5.74, 6) is 0. The highest BCUT2D eigenvalue weighted by Gasteiger charge is 2.02. The summed E-state index contributed by atoms with van der Waals surface area (Å²) in [7, 11) is 0. The van der Waals surface area contributed by atoms with Crippen molar-refractivity contribution < 1.29 is 0 Å². The fourth-order valence-corrected chi connectivity index (χ4v) is 2.65.